The predicted molar refractivity (Wildman–Crippen MR) is 159 cm³/mol. The molecule has 0 amide bonds. The van der Waals surface area contributed by atoms with Crippen molar-refractivity contribution >= 4 is 28.4 Å². The van der Waals surface area contributed by atoms with E-state index in [1.54, 1.807) is 18.6 Å². The number of carboxylic acids is 1. The highest BCUT2D eigenvalue weighted by Gasteiger charge is 2.15. The van der Waals surface area contributed by atoms with Crippen LogP contribution in [0.1, 0.15) is 23.1 Å². The summed E-state index contributed by atoms with van der Waals surface area (Å²) in [5.41, 5.74) is 6.78. The lowest BCUT2D eigenvalue weighted by molar-refractivity contribution is -0.136. The number of aliphatic carboxylic acids is 1. The minimum Gasteiger partial charge on any atom is -0.492 e. The molecule has 10 nitrogen and oxygen atoms in total. The fourth-order valence-corrected chi connectivity index (χ4v) is 5.02. The minimum atomic E-state index is -0.892. The number of carboxylic acid groups (broad SMARTS) is 1. The van der Waals surface area contributed by atoms with Gasteiger partial charge in [-0.2, -0.15) is 0 Å². The number of ether oxygens (including phenoxy) is 2. The molecule has 0 atom stereocenters. The Morgan fingerprint density at radius 1 is 1.07 bits per heavy atom. The molecule has 1 fully saturated rings. The molecule has 4 aromatic rings. The van der Waals surface area contributed by atoms with Crippen LogP contribution in [-0.2, 0) is 16.1 Å². The van der Waals surface area contributed by atoms with Gasteiger partial charge in [-0.15, -0.1) is 0 Å². The molecule has 0 radical (unpaired) electrons. The monoisotopic (exact) mass is 556 g/mol. The number of rotatable bonds is 12. The normalized spacial score (nSPS) is 13.8. The molecule has 3 aromatic heterocycles. The molecule has 5 rings (SSSR count). The number of carbonyl (C=O) groups is 1. The average Bonchev–Trinajstić information content (AvgIpc) is 2.98. The molecule has 214 valence electrons. The van der Waals surface area contributed by atoms with Gasteiger partial charge in [0.25, 0.3) is 0 Å². The molecule has 3 N–H and O–H groups in total. The van der Waals surface area contributed by atoms with Crippen LogP contribution in [0.15, 0.2) is 55.1 Å². The van der Waals surface area contributed by atoms with E-state index >= 15 is 0 Å². The van der Waals surface area contributed by atoms with E-state index in [-0.39, 0.29) is 6.54 Å². The number of hydrogen-bond acceptors (Lipinski definition) is 9. The Bertz CT molecular complexity index is 1510. The van der Waals surface area contributed by atoms with Crippen molar-refractivity contribution in [3.05, 3.63) is 71.8 Å². The lowest BCUT2D eigenvalue weighted by Gasteiger charge is -2.26. The third kappa shape index (κ3) is 7.15. The Labute approximate surface area is 239 Å². The van der Waals surface area contributed by atoms with Gasteiger partial charge < -0.3 is 25.2 Å². The summed E-state index contributed by atoms with van der Waals surface area (Å²) < 4.78 is 11.6. The average molecular weight is 557 g/mol. The molecule has 0 aliphatic carbocycles. The summed E-state index contributed by atoms with van der Waals surface area (Å²) in [6, 6.07) is 10.0. The largest absolute Gasteiger partial charge is 0.492 e. The number of benzene rings is 1. The summed E-state index contributed by atoms with van der Waals surface area (Å²) in [7, 11) is 0. The van der Waals surface area contributed by atoms with Gasteiger partial charge in [0.15, 0.2) is 5.82 Å². The fourth-order valence-electron chi connectivity index (χ4n) is 5.02. The molecule has 0 unspecified atom stereocenters. The van der Waals surface area contributed by atoms with Gasteiger partial charge in [0.2, 0.25) is 0 Å². The third-order valence-corrected chi connectivity index (χ3v) is 7.29. The zero-order chi connectivity index (χ0) is 28.6. The van der Waals surface area contributed by atoms with E-state index in [1.165, 1.54) is 0 Å². The summed E-state index contributed by atoms with van der Waals surface area (Å²) in [6.45, 7) is 9.70. The van der Waals surface area contributed by atoms with Crippen molar-refractivity contribution in [2.75, 3.05) is 51.3 Å². The zero-order valence-corrected chi connectivity index (χ0v) is 23.5. The number of fused-ring (bicyclic) bond motifs is 1. The van der Waals surface area contributed by atoms with Crippen molar-refractivity contribution in [1.29, 1.82) is 0 Å². The van der Waals surface area contributed by atoms with Crippen molar-refractivity contribution in [2.45, 2.75) is 26.8 Å². The maximum Gasteiger partial charge on any atom is 0.317 e. The van der Waals surface area contributed by atoms with Gasteiger partial charge in [-0.25, -0.2) is 4.98 Å². The van der Waals surface area contributed by atoms with Crippen molar-refractivity contribution in [3.8, 4) is 16.9 Å². The zero-order valence-electron chi connectivity index (χ0n) is 23.5. The van der Waals surface area contributed by atoms with Crippen LogP contribution in [0.4, 0.5) is 11.5 Å². The SMILES string of the molecule is Cc1c(Nc2nccc3cc(CNCC(=O)O)cnc23)cccc1-c1cncc(OCCCN2CCOCC2)c1C. The summed E-state index contributed by atoms with van der Waals surface area (Å²) in [4.78, 5) is 26.9. The fraction of sp³-hybridized carbons (Fsp3) is 0.355. The molecule has 0 bridgehead atoms. The molecule has 1 aliphatic heterocycles. The first-order valence-electron chi connectivity index (χ1n) is 13.9. The van der Waals surface area contributed by atoms with Gasteiger partial charge in [0.1, 0.15) is 11.3 Å². The number of aromatic nitrogens is 3. The van der Waals surface area contributed by atoms with E-state index in [4.69, 9.17) is 14.6 Å². The first-order chi connectivity index (χ1) is 20.0. The molecule has 41 heavy (non-hydrogen) atoms. The quantitative estimate of drug-likeness (QED) is 0.217. The topological polar surface area (TPSA) is 122 Å². The molecule has 1 aliphatic rings. The van der Waals surface area contributed by atoms with Crippen molar-refractivity contribution in [1.82, 2.24) is 25.2 Å². The highest BCUT2D eigenvalue weighted by Crippen LogP contribution is 2.35. The Morgan fingerprint density at radius 2 is 1.93 bits per heavy atom. The van der Waals surface area contributed by atoms with Crippen LogP contribution in [-0.4, -0.2) is 76.9 Å². The smallest absolute Gasteiger partial charge is 0.317 e. The van der Waals surface area contributed by atoms with Gasteiger partial charge in [-0.3, -0.25) is 19.7 Å². The van der Waals surface area contributed by atoms with Crippen LogP contribution in [0, 0.1) is 13.8 Å². The summed E-state index contributed by atoms with van der Waals surface area (Å²) in [5, 5.41) is 16.2. The lowest BCUT2D eigenvalue weighted by atomic mass is 9.97. The van der Waals surface area contributed by atoms with E-state index < -0.39 is 5.97 Å². The van der Waals surface area contributed by atoms with E-state index in [0.717, 1.165) is 89.4 Å². The molecule has 0 saturated carbocycles. The number of nitrogens with one attached hydrogen (secondary N) is 2. The van der Waals surface area contributed by atoms with E-state index in [9.17, 15) is 4.79 Å². The molecule has 0 spiro atoms. The van der Waals surface area contributed by atoms with Gasteiger partial charge in [-0.05, 0) is 55.2 Å². The Balaban J connectivity index is 1.30. The standard InChI is InChI=1S/C31H36N6O4/c1-21-25(26-18-33-19-28(22(26)2)41-12-4-9-37-10-13-40-14-11-37)5-3-6-27(21)36-31-30-24(7-8-34-31)15-23(17-35-30)16-32-20-29(38)39/h3,5-8,15,17-19,32H,4,9-14,16,20H2,1-2H3,(H,34,36)(H,38,39). The van der Waals surface area contributed by atoms with E-state index in [2.05, 4.69) is 50.4 Å². The van der Waals surface area contributed by atoms with Crippen LogP contribution in [0.25, 0.3) is 22.0 Å². The summed E-state index contributed by atoms with van der Waals surface area (Å²) >= 11 is 0. The number of hydrogen-bond donors (Lipinski definition) is 3. The highest BCUT2D eigenvalue weighted by atomic mass is 16.5. The molecule has 4 heterocycles. The molecule has 10 heteroatoms. The lowest BCUT2D eigenvalue weighted by Crippen LogP contribution is -2.37. The van der Waals surface area contributed by atoms with Gasteiger partial charge in [0, 0.05) is 67.0 Å². The predicted octanol–water partition coefficient (Wildman–Crippen LogP) is 4.33. The number of pyridine rings is 3. The van der Waals surface area contributed by atoms with Gasteiger partial charge in [-0.1, -0.05) is 12.1 Å². The maximum absolute atomic E-state index is 10.8. The van der Waals surface area contributed by atoms with Crippen LogP contribution < -0.4 is 15.4 Å². The van der Waals surface area contributed by atoms with Crippen molar-refractivity contribution in [2.24, 2.45) is 0 Å². The van der Waals surface area contributed by atoms with Crippen LogP contribution in [0.3, 0.4) is 0 Å². The third-order valence-electron chi connectivity index (χ3n) is 7.29. The Hall–Kier alpha value is -4.12. The van der Waals surface area contributed by atoms with Crippen LogP contribution in [0.5, 0.6) is 5.75 Å². The Morgan fingerprint density at radius 3 is 2.76 bits per heavy atom. The Kier molecular flexibility index (Phi) is 9.35. The van der Waals surface area contributed by atoms with E-state index in [1.807, 2.05) is 30.5 Å². The van der Waals surface area contributed by atoms with Crippen LogP contribution >= 0.6 is 0 Å². The molecule has 1 aromatic carbocycles. The maximum atomic E-state index is 10.8. The van der Waals surface area contributed by atoms with E-state index in [0.29, 0.717) is 19.0 Å². The molecule has 1 saturated heterocycles. The summed E-state index contributed by atoms with van der Waals surface area (Å²) in [5.74, 6) is 0.563. The van der Waals surface area contributed by atoms with Gasteiger partial charge in [0.05, 0.1) is 32.6 Å². The van der Waals surface area contributed by atoms with Crippen molar-refractivity contribution in [3.63, 3.8) is 0 Å². The number of anilines is 2. The van der Waals surface area contributed by atoms with Crippen LogP contribution in [0.2, 0.25) is 0 Å². The number of nitrogens with zero attached hydrogens (tertiary/aromatic N) is 4. The second-order valence-electron chi connectivity index (χ2n) is 10.1. The second-order valence-corrected chi connectivity index (χ2v) is 10.1. The van der Waals surface area contributed by atoms with Gasteiger partial charge >= 0.3 is 5.97 Å². The number of morpholine rings is 1. The highest BCUT2D eigenvalue weighted by molar-refractivity contribution is 5.91. The first-order valence-corrected chi connectivity index (χ1v) is 13.9. The second kappa shape index (κ2) is 13.5. The molecular formula is C31H36N6O4. The summed E-state index contributed by atoms with van der Waals surface area (Å²) in [6.07, 6.45) is 8.12. The van der Waals surface area contributed by atoms with Crippen molar-refractivity contribution < 1.29 is 19.4 Å². The molecular weight excluding hydrogens is 520 g/mol. The minimum absolute atomic E-state index is 0.101. The first kappa shape index (κ1) is 28.4.